The second-order valence-corrected chi connectivity index (χ2v) is 8.69. The molecule has 1 saturated heterocycles. The summed E-state index contributed by atoms with van der Waals surface area (Å²) in [7, 11) is 1.56. The molecule has 2 heterocycles. The zero-order chi connectivity index (χ0) is 21.7. The summed E-state index contributed by atoms with van der Waals surface area (Å²) in [6.45, 7) is 3.23. The number of methoxy groups -OCH3 is 1. The van der Waals surface area contributed by atoms with Crippen molar-refractivity contribution in [2.24, 2.45) is 0 Å². The van der Waals surface area contributed by atoms with Gasteiger partial charge >= 0.3 is 5.97 Å². The number of thiazole rings is 1. The van der Waals surface area contributed by atoms with Crippen molar-refractivity contribution in [3.8, 4) is 5.75 Å². The van der Waals surface area contributed by atoms with Gasteiger partial charge < -0.3 is 14.4 Å². The molecule has 1 aromatic heterocycles. The Morgan fingerprint density at radius 3 is 2.67 bits per heavy atom. The zero-order valence-electron chi connectivity index (χ0n) is 16.9. The highest BCUT2D eigenvalue weighted by atomic mass is 79.9. The minimum atomic E-state index is -0.548. The molecule has 7 nitrogen and oxygen atoms in total. The Bertz CT molecular complexity index is 1120. The van der Waals surface area contributed by atoms with E-state index in [9.17, 15) is 14.4 Å². The predicted octanol–water partition coefficient (Wildman–Crippen LogP) is 1.48. The highest BCUT2D eigenvalue weighted by Gasteiger charge is 2.20. The lowest BCUT2D eigenvalue weighted by Crippen LogP contribution is -2.39. The number of nitrogens with zero attached hydrogens (tertiary/aromatic N) is 2. The lowest BCUT2D eigenvalue weighted by Gasteiger charge is -2.15. The van der Waals surface area contributed by atoms with E-state index in [0.717, 1.165) is 28.7 Å². The van der Waals surface area contributed by atoms with Gasteiger partial charge in [0.15, 0.2) is 0 Å². The molecule has 9 heteroatoms. The predicted molar refractivity (Wildman–Crippen MR) is 119 cm³/mol. The maximum absolute atomic E-state index is 13.1. The fourth-order valence-corrected chi connectivity index (χ4v) is 4.64. The summed E-state index contributed by atoms with van der Waals surface area (Å²) in [6, 6.07) is 5.48. The smallest absolute Gasteiger partial charge is 0.333 e. The average Bonchev–Trinajstić information content (AvgIpc) is 3.33. The molecule has 2 aromatic rings. The average molecular weight is 495 g/mol. The zero-order valence-corrected chi connectivity index (χ0v) is 19.3. The first-order valence-corrected chi connectivity index (χ1v) is 11.2. The summed E-state index contributed by atoms with van der Waals surface area (Å²) < 4.78 is 13.3. The first-order valence-electron chi connectivity index (χ1n) is 9.64. The third-order valence-electron chi connectivity index (χ3n) is 4.69. The monoisotopic (exact) mass is 494 g/mol. The first-order chi connectivity index (χ1) is 14.4. The Kier molecular flexibility index (Phi) is 7.49. The fourth-order valence-electron chi connectivity index (χ4n) is 3.24. The van der Waals surface area contributed by atoms with Crippen molar-refractivity contribution in [2.45, 2.75) is 26.3 Å². The van der Waals surface area contributed by atoms with Gasteiger partial charge in [-0.2, -0.15) is 0 Å². The van der Waals surface area contributed by atoms with E-state index in [-0.39, 0.29) is 24.6 Å². The molecule has 0 saturated carbocycles. The van der Waals surface area contributed by atoms with E-state index in [2.05, 4.69) is 15.9 Å². The number of carbonyl (C=O) groups is 2. The topological polar surface area (TPSA) is 77.8 Å². The summed E-state index contributed by atoms with van der Waals surface area (Å²) in [6.07, 6.45) is 4.90. The number of benzene rings is 1. The van der Waals surface area contributed by atoms with Gasteiger partial charge in [-0.1, -0.05) is 15.9 Å². The molecule has 1 aliphatic rings. The number of amides is 1. The lowest BCUT2D eigenvalue weighted by molar-refractivity contribution is -0.135. The standard InChI is InChI=1S/C21H23BrN2O5S/c1-3-29-20(26)12-19-24(13-18(25)23-8-4-5-9-23)21(27)17(30-19)11-14-10-15(22)6-7-16(14)28-2/h6-7,10-12H,3-5,8-9,13H2,1-2H3/b17-11+,19-12+. The van der Waals surface area contributed by atoms with Crippen molar-refractivity contribution in [1.29, 1.82) is 0 Å². The van der Waals surface area contributed by atoms with Gasteiger partial charge in [0.05, 0.1) is 24.3 Å². The minimum absolute atomic E-state index is 0.107. The van der Waals surface area contributed by atoms with Gasteiger partial charge in [-0.15, -0.1) is 11.3 Å². The molecule has 0 N–H and O–H groups in total. The van der Waals surface area contributed by atoms with Crippen LogP contribution < -0.4 is 19.5 Å². The third-order valence-corrected chi connectivity index (χ3v) is 6.25. The van der Waals surface area contributed by atoms with E-state index in [1.165, 1.54) is 10.6 Å². The van der Waals surface area contributed by atoms with E-state index >= 15 is 0 Å². The van der Waals surface area contributed by atoms with E-state index in [0.29, 0.717) is 33.6 Å². The quantitative estimate of drug-likeness (QED) is 0.568. The summed E-state index contributed by atoms with van der Waals surface area (Å²) in [5.41, 5.74) is 0.385. The van der Waals surface area contributed by atoms with Crippen LogP contribution in [-0.2, 0) is 20.9 Å². The van der Waals surface area contributed by atoms with Crippen LogP contribution in [0.25, 0.3) is 12.2 Å². The molecule has 3 rings (SSSR count). The number of likely N-dealkylation sites (tertiary alicyclic amines) is 1. The van der Waals surface area contributed by atoms with Crippen molar-refractivity contribution in [3.05, 3.63) is 47.8 Å². The van der Waals surface area contributed by atoms with Crippen molar-refractivity contribution >= 4 is 51.3 Å². The molecule has 1 aromatic carbocycles. The van der Waals surface area contributed by atoms with Crippen LogP contribution in [0.2, 0.25) is 0 Å². The number of esters is 1. The molecule has 0 unspecified atom stereocenters. The van der Waals surface area contributed by atoms with Gasteiger partial charge in [-0.25, -0.2) is 4.79 Å². The molecule has 30 heavy (non-hydrogen) atoms. The van der Waals surface area contributed by atoms with Crippen LogP contribution in [0.1, 0.15) is 25.3 Å². The summed E-state index contributed by atoms with van der Waals surface area (Å²) >= 11 is 4.57. The molecule has 0 atom stereocenters. The van der Waals surface area contributed by atoms with Crippen LogP contribution in [-0.4, -0.2) is 48.1 Å². The van der Waals surface area contributed by atoms with Gasteiger partial charge in [0, 0.05) is 23.1 Å². The van der Waals surface area contributed by atoms with Crippen LogP contribution in [0.3, 0.4) is 0 Å². The summed E-state index contributed by atoms with van der Waals surface area (Å²) in [5.74, 6) is -0.0631. The van der Waals surface area contributed by atoms with E-state index in [1.807, 2.05) is 12.1 Å². The minimum Gasteiger partial charge on any atom is -0.496 e. The van der Waals surface area contributed by atoms with Crippen molar-refractivity contribution in [2.75, 3.05) is 26.8 Å². The van der Waals surface area contributed by atoms with Gasteiger partial charge in [0.2, 0.25) is 5.91 Å². The number of aromatic nitrogens is 1. The largest absolute Gasteiger partial charge is 0.496 e. The molecule has 1 amide bonds. The van der Waals surface area contributed by atoms with Gasteiger partial charge in [-0.3, -0.25) is 14.2 Å². The second kappa shape index (κ2) is 10.1. The SMILES string of the molecule is CCOC(=O)/C=c1/s/c(=C/c2cc(Br)ccc2OC)c(=O)n1CC(=O)N1CCCC1. The molecular formula is C21H23BrN2O5S. The number of rotatable bonds is 6. The van der Waals surface area contributed by atoms with Crippen LogP contribution in [0.4, 0.5) is 0 Å². The molecular weight excluding hydrogens is 472 g/mol. The molecule has 0 bridgehead atoms. The van der Waals surface area contributed by atoms with Crippen LogP contribution in [0.15, 0.2) is 27.5 Å². The van der Waals surface area contributed by atoms with Crippen LogP contribution in [0, 0.1) is 0 Å². The number of hydrogen-bond donors (Lipinski definition) is 0. The molecule has 0 radical (unpaired) electrons. The molecule has 160 valence electrons. The highest BCUT2D eigenvalue weighted by Crippen LogP contribution is 2.23. The molecule has 1 aliphatic heterocycles. The van der Waals surface area contributed by atoms with Crippen LogP contribution >= 0.6 is 27.3 Å². The maximum Gasteiger partial charge on any atom is 0.333 e. The number of carbonyl (C=O) groups excluding carboxylic acids is 2. The molecule has 0 spiro atoms. The van der Waals surface area contributed by atoms with E-state index < -0.39 is 5.97 Å². The van der Waals surface area contributed by atoms with Crippen molar-refractivity contribution in [3.63, 3.8) is 0 Å². The number of hydrogen-bond acceptors (Lipinski definition) is 6. The number of ether oxygens (including phenoxy) is 2. The Hall–Kier alpha value is -2.39. The lowest BCUT2D eigenvalue weighted by atomic mass is 10.2. The molecule has 0 aliphatic carbocycles. The Morgan fingerprint density at radius 2 is 2.00 bits per heavy atom. The van der Waals surface area contributed by atoms with Gasteiger partial charge in [0.25, 0.3) is 5.56 Å². The number of halogens is 1. The highest BCUT2D eigenvalue weighted by molar-refractivity contribution is 9.10. The Balaban J connectivity index is 2.10. The summed E-state index contributed by atoms with van der Waals surface area (Å²) in [4.78, 5) is 39.5. The van der Waals surface area contributed by atoms with Crippen molar-refractivity contribution in [1.82, 2.24) is 9.47 Å². The normalized spacial score (nSPS) is 15.0. The van der Waals surface area contributed by atoms with Crippen molar-refractivity contribution < 1.29 is 19.1 Å². The van der Waals surface area contributed by atoms with Crippen LogP contribution in [0.5, 0.6) is 5.75 Å². The summed E-state index contributed by atoms with van der Waals surface area (Å²) in [5, 5.41) is 0. The van der Waals surface area contributed by atoms with Gasteiger partial charge in [0.1, 0.15) is 17.0 Å². The fraction of sp³-hybridized carbons (Fsp3) is 0.381. The third kappa shape index (κ3) is 5.20. The van der Waals surface area contributed by atoms with E-state index in [1.54, 1.807) is 31.1 Å². The Labute approximate surface area is 186 Å². The Morgan fingerprint density at radius 1 is 1.27 bits per heavy atom. The molecule has 1 fully saturated rings. The van der Waals surface area contributed by atoms with E-state index in [4.69, 9.17) is 9.47 Å². The first kappa shape index (κ1) is 22.3. The second-order valence-electron chi connectivity index (χ2n) is 6.71. The maximum atomic E-state index is 13.1. The van der Waals surface area contributed by atoms with Gasteiger partial charge in [-0.05, 0) is 44.0 Å².